The number of rotatable bonds is 7. The summed E-state index contributed by atoms with van der Waals surface area (Å²) in [7, 11) is 0. The standard InChI is InChI=1S/C13H16N2O4S/c1-3-5-8-6-9(12(20-8)13(16)17)18-7-11-15-14-10(4-2)19-11/h6H,3-5,7H2,1-2H3,(H,16,17). The molecule has 0 spiro atoms. The van der Waals surface area contributed by atoms with E-state index in [-0.39, 0.29) is 11.5 Å². The van der Waals surface area contributed by atoms with Gasteiger partial charge in [-0.2, -0.15) is 0 Å². The van der Waals surface area contributed by atoms with Crippen molar-refractivity contribution in [3.8, 4) is 5.75 Å². The maximum absolute atomic E-state index is 11.2. The Bertz CT molecular complexity index is 591. The molecule has 0 saturated carbocycles. The van der Waals surface area contributed by atoms with Crippen LogP contribution in [0.4, 0.5) is 0 Å². The fourth-order valence-corrected chi connectivity index (χ4v) is 2.72. The molecule has 1 N–H and O–H groups in total. The molecular weight excluding hydrogens is 280 g/mol. The van der Waals surface area contributed by atoms with Crippen LogP contribution in [0.1, 0.15) is 46.6 Å². The number of nitrogens with zero attached hydrogens (tertiary/aromatic N) is 2. The molecule has 6 nitrogen and oxygen atoms in total. The van der Waals surface area contributed by atoms with Crippen molar-refractivity contribution >= 4 is 17.3 Å². The van der Waals surface area contributed by atoms with Crippen LogP contribution in [0.3, 0.4) is 0 Å². The molecule has 0 amide bonds. The van der Waals surface area contributed by atoms with Gasteiger partial charge in [-0.05, 0) is 12.5 Å². The van der Waals surface area contributed by atoms with Crippen molar-refractivity contribution in [2.75, 3.05) is 0 Å². The Morgan fingerprint density at radius 3 is 2.75 bits per heavy atom. The van der Waals surface area contributed by atoms with Crippen LogP contribution in [0.15, 0.2) is 10.5 Å². The van der Waals surface area contributed by atoms with Gasteiger partial charge < -0.3 is 14.3 Å². The van der Waals surface area contributed by atoms with Crippen LogP contribution >= 0.6 is 11.3 Å². The second kappa shape index (κ2) is 6.51. The van der Waals surface area contributed by atoms with E-state index in [1.54, 1.807) is 6.07 Å². The van der Waals surface area contributed by atoms with Crippen molar-refractivity contribution in [2.45, 2.75) is 39.7 Å². The van der Waals surface area contributed by atoms with E-state index >= 15 is 0 Å². The highest BCUT2D eigenvalue weighted by Crippen LogP contribution is 2.30. The summed E-state index contributed by atoms with van der Waals surface area (Å²) in [5.41, 5.74) is 0. The first-order valence-corrected chi connectivity index (χ1v) is 7.25. The summed E-state index contributed by atoms with van der Waals surface area (Å²) in [5, 5.41) is 16.8. The number of aryl methyl sites for hydroxylation is 2. The van der Waals surface area contributed by atoms with Crippen LogP contribution in [0.5, 0.6) is 5.75 Å². The molecule has 0 aliphatic rings. The summed E-state index contributed by atoms with van der Waals surface area (Å²) in [6.07, 6.45) is 2.46. The molecule has 0 radical (unpaired) electrons. The van der Waals surface area contributed by atoms with Crippen molar-refractivity contribution in [3.63, 3.8) is 0 Å². The molecule has 7 heteroatoms. The highest BCUT2D eigenvalue weighted by atomic mass is 32.1. The minimum absolute atomic E-state index is 0.0789. The predicted molar refractivity (Wildman–Crippen MR) is 73.3 cm³/mol. The third-order valence-corrected chi connectivity index (χ3v) is 3.77. The molecular formula is C13H16N2O4S. The van der Waals surface area contributed by atoms with E-state index in [1.165, 1.54) is 11.3 Å². The minimum Gasteiger partial charge on any atom is -0.482 e. The highest BCUT2D eigenvalue weighted by Gasteiger charge is 2.17. The maximum atomic E-state index is 11.2. The van der Waals surface area contributed by atoms with Crippen molar-refractivity contribution in [2.24, 2.45) is 0 Å². The number of ether oxygens (including phenoxy) is 1. The van der Waals surface area contributed by atoms with Gasteiger partial charge in [0.25, 0.3) is 5.89 Å². The Hall–Kier alpha value is -1.89. The topological polar surface area (TPSA) is 85.5 Å². The van der Waals surface area contributed by atoms with E-state index in [0.29, 0.717) is 24.0 Å². The van der Waals surface area contributed by atoms with E-state index in [2.05, 4.69) is 10.2 Å². The van der Waals surface area contributed by atoms with E-state index < -0.39 is 5.97 Å². The smallest absolute Gasteiger partial charge is 0.349 e. The zero-order chi connectivity index (χ0) is 14.5. The van der Waals surface area contributed by atoms with Crippen molar-refractivity contribution in [1.29, 1.82) is 0 Å². The lowest BCUT2D eigenvalue weighted by Gasteiger charge is -2.01. The molecule has 0 bridgehead atoms. The third-order valence-electron chi connectivity index (χ3n) is 2.60. The molecule has 20 heavy (non-hydrogen) atoms. The molecule has 0 aliphatic carbocycles. The van der Waals surface area contributed by atoms with Crippen LogP contribution in [-0.4, -0.2) is 21.3 Å². The second-order valence-corrected chi connectivity index (χ2v) is 5.33. The molecule has 0 fully saturated rings. The lowest BCUT2D eigenvalue weighted by molar-refractivity contribution is 0.0697. The van der Waals surface area contributed by atoms with Gasteiger partial charge in [-0.15, -0.1) is 21.5 Å². The Kier molecular flexibility index (Phi) is 4.73. The first-order valence-electron chi connectivity index (χ1n) is 6.44. The van der Waals surface area contributed by atoms with Gasteiger partial charge in [-0.25, -0.2) is 4.79 Å². The average molecular weight is 296 g/mol. The molecule has 0 aromatic carbocycles. The number of aromatic carboxylic acids is 1. The summed E-state index contributed by atoms with van der Waals surface area (Å²) in [5.74, 6) is 0.273. The van der Waals surface area contributed by atoms with Gasteiger partial charge in [0.05, 0.1) is 0 Å². The summed E-state index contributed by atoms with van der Waals surface area (Å²) < 4.78 is 10.8. The van der Waals surface area contributed by atoms with Crippen LogP contribution in [0, 0.1) is 0 Å². The van der Waals surface area contributed by atoms with Gasteiger partial charge in [-0.1, -0.05) is 20.3 Å². The van der Waals surface area contributed by atoms with E-state index in [4.69, 9.17) is 14.3 Å². The Morgan fingerprint density at radius 1 is 1.40 bits per heavy atom. The van der Waals surface area contributed by atoms with Gasteiger partial charge in [0.2, 0.25) is 5.89 Å². The fourth-order valence-electron chi connectivity index (χ4n) is 1.68. The van der Waals surface area contributed by atoms with E-state index in [9.17, 15) is 4.79 Å². The Balaban J connectivity index is 2.09. The number of carboxylic acid groups (broad SMARTS) is 1. The van der Waals surface area contributed by atoms with Crippen molar-refractivity contribution in [1.82, 2.24) is 10.2 Å². The lowest BCUT2D eigenvalue weighted by atomic mass is 10.3. The van der Waals surface area contributed by atoms with Crippen LogP contribution in [0.25, 0.3) is 0 Å². The first-order chi connectivity index (χ1) is 9.63. The van der Waals surface area contributed by atoms with Gasteiger partial charge in [0.15, 0.2) is 11.5 Å². The van der Waals surface area contributed by atoms with E-state index in [0.717, 1.165) is 17.7 Å². The van der Waals surface area contributed by atoms with Gasteiger partial charge in [0.1, 0.15) is 5.75 Å². The number of hydrogen-bond acceptors (Lipinski definition) is 6. The number of carbonyl (C=O) groups is 1. The van der Waals surface area contributed by atoms with Crippen LogP contribution in [0.2, 0.25) is 0 Å². The maximum Gasteiger partial charge on any atom is 0.349 e. The molecule has 0 unspecified atom stereocenters. The van der Waals surface area contributed by atoms with Crippen LogP contribution < -0.4 is 4.74 Å². The van der Waals surface area contributed by atoms with Crippen molar-refractivity contribution in [3.05, 3.63) is 27.6 Å². The summed E-state index contributed by atoms with van der Waals surface area (Å²) in [6, 6.07) is 1.77. The molecule has 0 saturated heterocycles. The number of aromatic nitrogens is 2. The molecule has 0 aliphatic heterocycles. The number of carboxylic acids is 1. The first kappa shape index (κ1) is 14.5. The fraction of sp³-hybridized carbons (Fsp3) is 0.462. The van der Waals surface area contributed by atoms with Crippen molar-refractivity contribution < 1.29 is 19.1 Å². The largest absolute Gasteiger partial charge is 0.482 e. The van der Waals surface area contributed by atoms with Crippen LogP contribution in [-0.2, 0) is 19.4 Å². The number of hydrogen-bond donors (Lipinski definition) is 1. The SMILES string of the molecule is CCCc1cc(OCc2nnc(CC)o2)c(C(=O)O)s1. The Labute approximate surface area is 120 Å². The second-order valence-electron chi connectivity index (χ2n) is 4.19. The highest BCUT2D eigenvalue weighted by molar-refractivity contribution is 7.14. The third kappa shape index (κ3) is 3.36. The molecule has 2 rings (SSSR count). The quantitative estimate of drug-likeness (QED) is 0.845. The summed E-state index contributed by atoms with van der Waals surface area (Å²) >= 11 is 1.25. The lowest BCUT2D eigenvalue weighted by Crippen LogP contribution is -2.00. The predicted octanol–water partition coefficient (Wildman–Crippen LogP) is 2.92. The molecule has 2 aromatic rings. The van der Waals surface area contributed by atoms with Gasteiger partial charge in [-0.3, -0.25) is 0 Å². The average Bonchev–Trinajstić information content (AvgIpc) is 3.03. The molecule has 2 aromatic heterocycles. The molecule has 0 atom stereocenters. The Morgan fingerprint density at radius 2 is 2.15 bits per heavy atom. The van der Waals surface area contributed by atoms with Gasteiger partial charge >= 0.3 is 5.97 Å². The zero-order valence-electron chi connectivity index (χ0n) is 11.4. The summed E-state index contributed by atoms with van der Waals surface area (Å²) in [4.78, 5) is 12.4. The molecule has 2 heterocycles. The normalized spacial score (nSPS) is 10.7. The monoisotopic (exact) mass is 296 g/mol. The zero-order valence-corrected chi connectivity index (χ0v) is 12.2. The van der Waals surface area contributed by atoms with Gasteiger partial charge in [0, 0.05) is 11.3 Å². The van der Waals surface area contributed by atoms with E-state index in [1.807, 2.05) is 13.8 Å². The summed E-state index contributed by atoms with van der Waals surface area (Å²) in [6.45, 7) is 4.04. The number of thiophene rings is 1. The minimum atomic E-state index is -0.980. The molecule has 108 valence electrons.